The molecular formula is C18H16N2O2. The Hall–Kier alpha value is -2.75. The third kappa shape index (κ3) is 2.55. The van der Waals surface area contributed by atoms with Gasteiger partial charge >= 0.3 is 0 Å². The van der Waals surface area contributed by atoms with E-state index >= 15 is 0 Å². The molecule has 22 heavy (non-hydrogen) atoms. The molecule has 0 radical (unpaired) electrons. The summed E-state index contributed by atoms with van der Waals surface area (Å²) in [5, 5.41) is 0. The van der Waals surface area contributed by atoms with Gasteiger partial charge in [0.25, 0.3) is 5.56 Å². The Kier molecular flexibility index (Phi) is 3.59. The summed E-state index contributed by atoms with van der Waals surface area (Å²) in [5.41, 5.74) is 3.23. The maximum Gasteiger partial charge on any atom is 0.272 e. The van der Waals surface area contributed by atoms with E-state index in [1.165, 1.54) is 0 Å². The second-order valence-electron chi connectivity index (χ2n) is 5.38. The van der Waals surface area contributed by atoms with Crippen LogP contribution >= 0.6 is 0 Å². The summed E-state index contributed by atoms with van der Waals surface area (Å²) < 4.78 is 1.55. The lowest BCUT2D eigenvalue weighted by Gasteiger charge is -2.08. The zero-order valence-corrected chi connectivity index (χ0v) is 12.5. The van der Waals surface area contributed by atoms with Crippen molar-refractivity contribution in [1.82, 2.24) is 9.55 Å². The van der Waals surface area contributed by atoms with Crippen LogP contribution in [0.4, 0.5) is 0 Å². The van der Waals surface area contributed by atoms with Crippen molar-refractivity contribution in [2.24, 2.45) is 7.05 Å². The molecule has 1 heterocycles. The average Bonchev–Trinajstić information content (AvgIpc) is 2.53. The van der Waals surface area contributed by atoms with Gasteiger partial charge in [-0.2, -0.15) is 0 Å². The summed E-state index contributed by atoms with van der Waals surface area (Å²) in [5.74, 6) is -0.0998. The summed E-state index contributed by atoms with van der Waals surface area (Å²) in [4.78, 5) is 29.1. The highest BCUT2D eigenvalue weighted by molar-refractivity contribution is 5.97. The number of nitrogens with zero attached hydrogens (tertiary/aromatic N) is 2. The summed E-state index contributed by atoms with van der Waals surface area (Å²) in [6.07, 6.45) is 0.0145. The van der Waals surface area contributed by atoms with Crippen molar-refractivity contribution in [2.45, 2.75) is 13.3 Å². The van der Waals surface area contributed by atoms with Crippen LogP contribution in [0.2, 0.25) is 0 Å². The molecule has 0 atom stereocenters. The van der Waals surface area contributed by atoms with E-state index in [2.05, 4.69) is 4.98 Å². The average molecular weight is 292 g/mol. The number of benzene rings is 2. The molecule has 0 saturated carbocycles. The Morgan fingerprint density at radius 3 is 2.59 bits per heavy atom. The van der Waals surface area contributed by atoms with Crippen LogP contribution in [0.15, 0.2) is 53.3 Å². The molecule has 2 aromatic carbocycles. The predicted octanol–water partition coefficient (Wildman–Crippen LogP) is 2.67. The lowest BCUT2D eigenvalue weighted by atomic mass is 10.1. The molecule has 0 aliphatic carbocycles. The largest absolute Gasteiger partial charge is 0.308 e. The molecule has 1 aromatic heterocycles. The first-order valence-electron chi connectivity index (χ1n) is 7.11. The van der Waals surface area contributed by atoms with Gasteiger partial charge in [0, 0.05) is 12.6 Å². The number of aromatic nitrogens is 2. The molecule has 0 aliphatic heterocycles. The highest BCUT2D eigenvalue weighted by Gasteiger charge is 2.14. The minimum Gasteiger partial charge on any atom is -0.308 e. The molecule has 0 amide bonds. The Morgan fingerprint density at radius 2 is 1.86 bits per heavy atom. The highest BCUT2D eigenvalue weighted by Crippen LogP contribution is 2.13. The molecule has 0 spiro atoms. The predicted molar refractivity (Wildman–Crippen MR) is 86.2 cm³/mol. The Morgan fingerprint density at radius 1 is 1.14 bits per heavy atom. The Labute approximate surface area is 128 Å². The van der Waals surface area contributed by atoms with Crippen molar-refractivity contribution < 1.29 is 4.79 Å². The van der Waals surface area contributed by atoms with Gasteiger partial charge in [-0.1, -0.05) is 36.4 Å². The maximum atomic E-state index is 12.4. The number of hydrogen-bond acceptors (Lipinski definition) is 3. The fraction of sp³-hybridized carbons (Fsp3) is 0.167. The molecule has 3 aromatic rings. The van der Waals surface area contributed by atoms with Crippen molar-refractivity contribution in [3.05, 3.63) is 75.7 Å². The van der Waals surface area contributed by atoms with Crippen molar-refractivity contribution in [3.8, 4) is 0 Å². The normalized spacial score (nSPS) is 10.8. The van der Waals surface area contributed by atoms with Crippen LogP contribution in [0, 0.1) is 6.92 Å². The lowest BCUT2D eigenvalue weighted by molar-refractivity contribution is 0.0991. The minimum absolute atomic E-state index is 0.0145. The fourth-order valence-electron chi connectivity index (χ4n) is 2.50. The monoisotopic (exact) mass is 292 g/mol. The van der Waals surface area contributed by atoms with Gasteiger partial charge in [-0.05, 0) is 24.6 Å². The van der Waals surface area contributed by atoms with Gasteiger partial charge in [-0.15, -0.1) is 0 Å². The van der Waals surface area contributed by atoms with Crippen molar-refractivity contribution in [1.29, 1.82) is 0 Å². The van der Waals surface area contributed by atoms with Crippen LogP contribution in [0.5, 0.6) is 0 Å². The van der Waals surface area contributed by atoms with E-state index in [0.717, 1.165) is 16.6 Å². The summed E-state index contributed by atoms with van der Waals surface area (Å²) >= 11 is 0. The van der Waals surface area contributed by atoms with Gasteiger partial charge in [-0.25, -0.2) is 4.98 Å². The first kappa shape index (κ1) is 14.2. The van der Waals surface area contributed by atoms with Crippen LogP contribution in [0.25, 0.3) is 11.0 Å². The summed E-state index contributed by atoms with van der Waals surface area (Å²) in [6.45, 7) is 1.97. The van der Waals surface area contributed by atoms with E-state index in [-0.39, 0.29) is 23.5 Å². The van der Waals surface area contributed by atoms with Crippen LogP contribution in [-0.4, -0.2) is 15.3 Å². The topological polar surface area (TPSA) is 52.0 Å². The molecule has 4 nitrogen and oxygen atoms in total. The Bertz CT molecular complexity index is 912. The number of hydrogen-bond donors (Lipinski definition) is 0. The molecule has 0 N–H and O–H groups in total. The van der Waals surface area contributed by atoms with Crippen LogP contribution < -0.4 is 5.56 Å². The molecule has 3 rings (SSSR count). The van der Waals surface area contributed by atoms with Crippen LogP contribution in [0.1, 0.15) is 21.6 Å². The first-order chi connectivity index (χ1) is 10.6. The van der Waals surface area contributed by atoms with Crippen molar-refractivity contribution >= 4 is 16.8 Å². The van der Waals surface area contributed by atoms with E-state index in [4.69, 9.17) is 0 Å². The third-order valence-electron chi connectivity index (χ3n) is 3.72. The van der Waals surface area contributed by atoms with Gasteiger partial charge < -0.3 is 4.57 Å². The molecule has 0 unspecified atom stereocenters. The van der Waals surface area contributed by atoms with Crippen LogP contribution in [-0.2, 0) is 13.5 Å². The number of fused-ring (bicyclic) bond motifs is 1. The molecular weight excluding hydrogens is 276 g/mol. The third-order valence-corrected chi connectivity index (χ3v) is 3.72. The highest BCUT2D eigenvalue weighted by atomic mass is 16.1. The number of carbonyl (C=O) groups is 1. The number of ketones is 1. The minimum atomic E-state index is -0.222. The first-order valence-corrected chi connectivity index (χ1v) is 7.11. The zero-order chi connectivity index (χ0) is 15.7. The second kappa shape index (κ2) is 5.56. The van der Waals surface area contributed by atoms with Crippen molar-refractivity contribution in [2.75, 3.05) is 0 Å². The molecule has 0 bridgehead atoms. The van der Waals surface area contributed by atoms with Gasteiger partial charge in [0.2, 0.25) is 0 Å². The lowest BCUT2D eigenvalue weighted by Crippen LogP contribution is -2.25. The number of rotatable bonds is 3. The number of carbonyl (C=O) groups excluding carboxylic acids is 1. The standard InChI is InChI=1S/C18H16N2O2/c1-12-8-9-16-14(10-12)19-15(18(22)20(16)2)11-17(21)13-6-4-3-5-7-13/h3-10H,11H2,1-2H3. The quantitative estimate of drug-likeness (QED) is 0.697. The second-order valence-corrected chi connectivity index (χ2v) is 5.38. The fourth-order valence-corrected chi connectivity index (χ4v) is 2.50. The molecule has 0 saturated heterocycles. The van der Waals surface area contributed by atoms with Crippen LogP contribution in [0.3, 0.4) is 0 Å². The van der Waals surface area contributed by atoms with Gasteiger partial charge in [0.05, 0.1) is 17.5 Å². The molecule has 4 heteroatoms. The molecule has 110 valence electrons. The number of aryl methyl sites for hydroxylation is 2. The summed E-state index contributed by atoms with van der Waals surface area (Å²) in [6, 6.07) is 14.7. The van der Waals surface area contributed by atoms with Gasteiger partial charge in [-0.3, -0.25) is 9.59 Å². The van der Waals surface area contributed by atoms with E-state index in [1.807, 2.05) is 43.3 Å². The van der Waals surface area contributed by atoms with Gasteiger partial charge in [0.15, 0.2) is 5.78 Å². The van der Waals surface area contributed by atoms with E-state index in [0.29, 0.717) is 5.56 Å². The smallest absolute Gasteiger partial charge is 0.272 e. The summed E-state index contributed by atoms with van der Waals surface area (Å²) in [7, 11) is 1.71. The van der Waals surface area contributed by atoms with E-state index in [1.54, 1.807) is 23.7 Å². The zero-order valence-electron chi connectivity index (χ0n) is 12.5. The van der Waals surface area contributed by atoms with E-state index in [9.17, 15) is 9.59 Å². The van der Waals surface area contributed by atoms with Crippen molar-refractivity contribution in [3.63, 3.8) is 0 Å². The SMILES string of the molecule is Cc1ccc2c(c1)nc(CC(=O)c1ccccc1)c(=O)n2C. The Balaban J connectivity index is 2.06. The molecule has 0 aliphatic rings. The maximum absolute atomic E-state index is 12.4. The van der Waals surface area contributed by atoms with Gasteiger partial charge in [0.1, 0.15) is 5.69 Å². The molecule has 0 fully saturated rings. The number of Topliss-reactive ketones (excluding diaryl/α,β-unsaturated/α-hetero) is 1. The van der Waals surface area contributed by atoms with E-state index < -0.39 is 0 Å².